The number of carbonyl (C=O) groups is 3. The second-order valence-corrected chi connectivity index (χ2v) is 13.1. The van der Waals surface area contributed by atoms with Gasteiger partial charge in [-0.25, -0.2) is 9.78 Å². The Kier molecular flexibility index (Phi) is 10.5. The number of nitrogens with zero attached hydrogens (tertiary/aromatic N) is 3. The number of imidazole rings is 1. The molecule has 0 spiro atoms. The fourth-order valence-electron chi connectivity index (χ4n) is 5.06. The summed E-state index contributed by atoms with van der Waals surface area (Å²) in [5.41, 5.74) is 1.83. The van der Waals surface area contributed by atoms with Crippen molar-refractivity contribution in [2.75, 3.05) is 32.6 Å². The molecule has 242 valence electrons. The van der Waals surface area contributed by atoms with E-state index in [1.54, 1.807) is 39.4 Å². The monoisotopic (exact) mass is 620 g/mol. The predicted molar refractivity (Wildman–Crippen MR) is 172 cm³/mol. The molecule has 4 rings (SSSR count). The minimum Gasteiger partial charge on any atom is -0.441 e. The zero-order valence-corrected chi connectivity index (χ0v) is 26.9. The number of hydrogen-bond acceptors (Lipinski definition) is 7. The molecule has 1 aliphatic rings. The number of fused-ring (bicyclic) bond motifs is 1. The lowest BCUT2D eigenvalue weighted by Gasteiger charge is -2.25. The summed E-state index contributed by atoms with van der Waals surface area (Å²) in [4.78, 5) is 61.1. The van der Waals surface area contributed by atoms with Gasteiger partial charge in [0.2, 0.25) is 11.8 Å². The highest BCUT2D eigenvalue weighted by molar-refractivity contribution is 5.96. The number of rotatable bonds is 11. The van der Waals surface area contributed by atoms with Crippen molar-refractivity contribution in [3.05, 3.63) is 70.4 Å². The fraction of sp³-hybridized carbons (Fsp3) is 0.485. The summed E-state index contributed by atoms with van der Waals surface area (Å²) in [6.45, 7) is 9.21. The van der Waals surface area contributed by atoms with Crippen molar-refractivity contribution in [2.24, 2.45) is 5.41 Å². The average Bonchev–Trinajstić information content (AvgIpc) is 3.57. The van der Waals surface area contributed by atoms with E-state index in [2.05, 4.69) is 42.5 Å². The van der Waals surface area contributed by atoms with Gasteiger partial charge in [0.1, 0.15) is 23.2 Å². The van der Waals surface area contributed by atoms with Gasteiger partial charge in [0.25, 0.3) is 5.56 Å². The Bertz CT molecular complexity index is 1610. The normalized spacial score (nSPS) is 17.4. The molecule has 0 aliphatic carbocycles. The third-order valence-corrected chi connectivity index (χ3v) is 7.42. The van der Waals surface area contributed by atoms with Crippen molar-refractivity contribution < 1.29 is 23.9 Å². The number of aromatic nitrogens is 3. The molecule has 2 aromatic heterocycles. The van der Waals surface area contributed by atoms with E-state index in [1.807, 2.05) is 12.1 Å². The Balaban J connectivity index is 1.49. The Labute approximate surface area is 263 Å². The number of benzene rings is 1. The predicted octanol–water partition coefficient (Wildman–Crippen LogP) is 4.00. The van der Waals surface area contributed by atoms with Crippen molar-refractivity contribution in [3.63, 3.8) is 0 Å². The molecule has 1 fully saturated rings. The number of pyridine rings is 1. The van der Waals surface area contributed by atoms with Crippen LogP contribution in [0.3, 0.4) is 0 Å². The number of hydrogen-bond donors (Lipinski definition) is 3. The zero-order valence-electron chi connectivity index (χ0n) is 26.9. The first-order valence-corrected chi connectivity index (χ1v) is 15.1. The molecule has 1 aromatic carbocycles. The summed E-state index contributed by atoms with van der Waals surface area (Å²) < 4.78 is 12.4. The molecule has 1 saturated heterocycles. The molecule has 0 bridgehead atoms. The Morgan fingerprint density at radius 1 is 1.22 bits per heavy atom. The number of alkyl carbamates (subject to hydrolysis) is 1. The first kappa shape index (κ1) is 33.4. The van der Waals surface area contributed by atoms with Crippen LogP contribution in [0.1, 0.15) is 58.3 Å². The number of anilines is 1. The zero-order chi connectivity index (χ0) is 32.8. The minimum absolute atomic E-state index is 0.0571. The molecule has 0 saturated carbocycles. The third-order valence-electron chi connectivity index (χ3n) is 7.42. The van der Waals surface area contributed by atoms with Crippen LogP contribution < -0.4 is 16.2 Å². The molecule has 2 atom stereocenters. The first-order valence-electron chi connectivity index (χ1n) is 15.1. The molecule has 3 amide bonds. The number of carbonyl (C=O) groups excluding carboxylic acids is 3. The number of allylic oxidation sites excluding steroid dienone is 1. The molecule has 3 N–H and O–H groups in total. The van der Waals surface area contributed by atoms with E-state index in [4.69, 9.17) is 14.5 Å². The maximum atomic E-state index is 13.4. The highest BCUT2D eigenvalue weighted by Gasteiger charge is 2.35. The van der Waals surface area contributed by atoms with Gasteiger partial charge in [-0.15, -0.1) is 0 Å². The molecule has 1 unspecified atom stereocenters. The van der Waals surface area contributed by atoms with Crippen LogP contribution in [0.25, 0.3) is 11.0 Å². The van der Waals surface area contributed by atoms with Crippen LogP contribution in [-0.4, -0.2) is 76.3 Å². The third kappa shape index (κ3) is 9.27. The number of H-pyrrole nitrogens is 1. The summed E-state index contributed by atoms with van der Waals surface area (Å²) in [6.07, 6.45) is 5.79. The minimum atomic E-state index is -1.04. The van der Waals surface area contributed by atoms with E-state index in [1.165, 1.54) is 21.6 Å². The smallest absolute Gasteiger partial charge is 0.408 e. The topological polar surface area (TPSA) is 148 Å². The van der Waals surface area contributed by atoms with E-state index >= 15 is 0 Å². The number of ether oxygens (including phenoxy) is 2. The number of para-hydroxylation sites is 1. The average molecular weight is 621 g/mol. The molecule has 12 heteroatoms. The van der Waals surface area contributed by atoms with Crippen LogP contribution in [0.4, 0.5) is 10.5 Å². The maximum absolute atomic E-state index is 13.4. The van der Waals surface area contributed by atoms with E-state index < -0.39 is 29.2 Å². The van der Waals surface area contributed by atoms with Crippen LogP contribution in [0.2, 0.25) is 0 Å². The summed E-state index contributed by atoms with van der Waals surface area (Å²) in [7, 11) is 3.28. The summed E-state index contributed by atoms with van der Waals surface area (Å²) in [5.74, 6) is -0.169. The summed E-state index contributed by atoms with van der Waals surface area (Å²) in [6, 6.07) is 8.16. The number of aromatic amines is 1. The Morgan fingerprint density at radius 3 is 2.69 bits per heavy atom. The molecule has 12 nitrogen and oxygen atoms in total. The summed E-state index contributed by atoms with van der Waals surface area (Å²) in [5, 5.41) is 5.31. The highest BCUT2D eigenvalue weighted by Crippen LogP contribution is 2.26. The van der Waals surface area contributed by atoms with E-state index in [0.717, 1.165) is 23.0 Å². The van der Waals surface area contributed by atoms with Crippen molar-refractivity contribution >= 4 is 34.6 Å². The largest absolute Gasteiger partial charge is 0.441 e. The van der Waals surface area contributed by atoms with E-state index in [9.17, 15) is 19.2 Å². The van der Waals surface area contributed by atoms with Crippen molar-refractivity contribution in [1.29, 1.82) is 0 Å². The van der Waals surface area contributed by atoms with Crippen molar-refractivity contribution in [1.82, 2.24) is 24.8 Å². The number of nitrogens with one attached hydrogen (secondary N) is 3. The lowest BCUT2D eigenvalue weighted by atomic mass is 9.88. The molecule has 3 heterocycles. The van der Waals surface area contributed by atoms with Gasteiger partial charge in [-0.2, -0.15) is 0 Å². The van der Waals surface area contributed by atoms with Crippen molar-refractivity contribution in [2.45, 2.75) is 71.6 Å². The SMILES string of the molecule is CN(C)C(=O)/C=C/CC[C@H](NC(=O)OC1(C)CCOC1)C(=O)Nc1cccn(Cc2nc3c(CC(C)(C)C)cccc3[nH]2)c1=O. The standard InChI is InChI=1S/C33H44N6O6/c1-32(2,3)19-22-11-9-13-23-28(22)37-26(34-23)20-39-17-10-14-25(30(39)42)35-29(41)24(12-7-8-15-27(40)38(5)6)36-31(43)45-33(4)16-18-44-21-33/h8-11,13-15,17,24H,7,12,16,18-21H2,1-6H3,(H,34,37)(H,35,41)(H,36,43)/b15-8+/t24-,33?/m0/s1. The molecular weight excluding hydrogens is 576 g/mol. The van der Waals surface area contributed by atoms with Gasteiger partial charge in [0.15, 0.2) is 0 Å². The fourth-order valence-corrected chi connectivity index (χ4v) is 5.06. The van der Waals surface area contributed by atoms with Gasteiger partial charge < -0.3 is 34.6 Å². The Morgan fingerprint density at radius 2 is 2.00 bits per heavy atom. The molecule has 1 aliphatic heterocycles. The maximum Gasteiger partial charge on any atom is 0.408 e. The van der Waals surface area contributed by atoms with Gasteiger partial charge in [0, 0.05) is 26.7 Å². The second-order valence-electron chi connectivity index (χ2n) is 13.1. The van der Waals surface area contributed by atoms with E-state index in [0.29, 0.717) is 25.3 Å². The Hall–Kier alpha value is -4.45. The quantitative estimate of drug-likeness (QED) is 0.275. The first-order chi connectivity index (χ1) is 21.2. The van der Waals surface area contributed by atoms with Gasteiger partial charge in [-0.3, -0.25) is 14.4 Å². The van der Waals surface area contributed by atoms with Gasteiger partial charge in [-0.05, 0) is 61.4 Å². The van der Waals surface area contributed by atoms with Gasteiger partial charge >= 0.3 is 6.09 Å². The van der Waals surface area contributed by atoms with Gasteiger partial charge in [-0.1, -0.05) is 39.0 Å². The van der Waals surface area contributed by atoms with Crippen LogP contribution in [0.15, 0.2) is 53.5 Å². The van der Waals surface area contributed by atoms with Crippen molar-refractivity contribution in [3.8, 4) is 0 Å². The van der Waals surface area contributed by atoms with Crippen LogP contribution in [-0.2, 0) is 32.0 Å². The summed E-state index contributed by atoms with van der Waals surface area (Å²) >= 11 is 0. The van der Waals surface area contributed by atoms with Crippen LogP contribution >= 0.6 is 0 Å². The van der Waals surface area contributed by atoms with Crippen LogP contribution in [0, 0.1) is 5.41 Å². The number of amides is 3. The second kappa shape index (κ2) is 14.1. The number of likely N-dealkylation sites (N-methyl/N-ethyl adjacent to an activating group) is 1. The van der Waals surface area contributed by atoms with Crippen LogP contribution in [0.5, 0.6) is 0 Å². The molecular formula is C33H44N6O6. The lowest BCUT2D eigenvalue weighted by Crippen LogP contribution is -2.47. The highest BCUT2D eigenvalue weighted by atomic mass is 16.6. The molecule has 45 heavy (non-hydrogen) atoms. The molecule has 0 radical (unpaired) electrons. The molecule has 3 aromatic rings. The van der Waals surface area contributed by atoms with E-state index in [-0.39, 0.29) is 36.6 Å². The van der Waals surface area contributed by atoms with Gasteiger partial charge in [0.05, 0.1) is 30.8 Å². The lowest BCUT2D eigenvalue weighted by molar-refractivity contribution is -0.123.